The zero-order valence-corrected chi connectivity index (χ0v) is 17.1. The van der Waals surface area contributed by atoms with E-state index in [9.17, 15) is 19.5 Å². The summed E-state index contributed by atoms with van der Waals surface area (Å²) < 4.78 is 11.1. The maximum Gasteiger partial charge on any atom is 0.347 e. The van der Waals surface area contributed by atoms with Crippen LogP contribution in [0.2, 0.25) is 0 Å². The normalized spacial score (nSPS) is 18.2. The average Bonchev–Trinajstić information content (AvgIpc) is 2.88. The van der Waals surface area contributed by atoms with Crippen LogP contribution in [0.5, 0.6) is 5.75 Å². The van der Waals surface area contributed by atoms with E-state index in [1.54, 1.807) is 36.4 Å². The van der Waals surface area contributed by atoms with Crippen molar-refractivity contribution in [3.8, 4) is 5.75 Å². The number of amides is 1. The Kier molecular flexibility index (Phi) is 4.55. The van der Waals surface area contributed by atoms with Gasteiger partial charge in [-0.25, -0.2) is 4.79 Å². The second kappa shape index (κ2) is 6.82. The number of methoxy groups -OCH3 is 1. The number of hydrogen-bond donors (Lipinski definition) is 1. The molecule has 0 aliphatic carbocycles. The van der Waals surface area contributed by atoms with Crippen LogP contribution >= 0.6 is 15.9 Å². The number of halogens is 1. The van der Waals surface area contributed by atoms with Crippen molar-refractivity contribution in [2.24, 2.45) is 0 Å². The van der Waals surface area contributed by atoms with Crippen LogP contribution in [0.1, 0.15) is 22.3 Å². The molecule has 148 valence electrons. The number of likely N-dealkylation sites (N-methyl/N-ethyl adjacent to an activating group) is 1. The van der Waals surface area contributed by atoms with E-state index >= 15 is 0 Å². The molecule has 1 amide bonds. The molecule has 0 fully saturated rings. The van der Waals surface area contributed by atoms with E-state index in [2.05, 4.69) is 15.9 Å². The van der Waals surface area contributed by atoms with Gasteiger partial charge in [-0.3, -0.25) is 9.59 Å². The molecule has 2 heterocycles. The molecule has 1 aliphatic heterocycles. The maximum atomic E-state index is 12.9. The van der Waals surface area contributed by atoms with Gasteiger partial charge in [0.1, 0.15) is 5.56 Å². The topological polar surface area (TPSA) is 97.0 Å². The van der Waals surface area contributed by atoms with Gasteiger partial charge < -0.3 is 19.2 Å². The number of aliphatic hydroxyl groups is 1. The van der Waals surface area contributed by atoms with Gasteiger partial charge >= 0.3 is 5.63 Å². The summed E-state index contributed by atoms with van der Waals surface area (Å²) in [5.74, 6) is -0.963. The second-order valence-electron chi connectivity index (χ2n) is 6.81. The molecule has 1 aliphatic rings. The fourth-order valence-corrected chi connectivity index (χ4v) is 3.97. The molecular formula is C21H16BrNO6. The van der Waals surface area contributed by atoms with Gasteiger partial charge in [-0.1, -0.05) is 28.1 Å². The number of hydrogen-bond acceptors (Lipinski definition) is 6. The van der Waals surface area contributed by atoms with Gasteiger partial charge in [0.25, 0.3) is 5.91 Å². The number of fused-ring (bicyclic) bond motifs is 2. The summed E-state index contributed by atoms with van der Waals surface area (Å²) in [6.45, 7) is 0. The molecule has 29 heavy (non-hydrogen) atoms. The summed E-state index contributed by atoms with van der Waals surface area (Å²) in [5, 5.41) is 11.6. The van der Waals surface area contributed by atoms with E-state index in [1.165, 1.54) is 25.1 Å². The standard InChI is InChI=1S/C21H16BrNO6/c1-23-15-7-6-12(22)9-14(15)21(27,20(23)26)10-16(24)13-8-11-4-3-5-17(28-2)18(11)29-19(13)25/h3-9,27H,10H2,1-2H3. The lowest BCUT2D eigenvalue weighted by Crippen LogP contribution is -2.40. The van der Waals surface area contributed by atoms with Gasteiger partial charge in [-0.15, -0.1) is 0 Å². The lowest BCUT2D eigenvalue weighted by molar-refractivity contribution is -0.135. The number of carbonyl (C=O) groups excluding carboxylic acids is 2. The largest absolute Gasteiger partial charge is 0.493 e. The SMILES string of the molecule is COc1cccc2cc(C(=O)CC3(O)C(=O)N(C)c4ccc(Br)cc43)c(=O)oc12. The monoisotopic (exact) mass is 457 g/mol. The van der Waals surface area contributed by atoms with Crippen molar-refractivity contribution in [2.45, 2.75) is 12.0 Å². The first-order chi connectivity index (χ1) is 13.8. The Hall–Kier alpha value is -2.97. The summed E-state index contributed by atoms with van der Waals surface area (Å²) in [4.78, 5) is 39.4. The molecule has 0 saturated carbocycles. The number of para-hydroxylation sites is 1. The lowest BCUT2D eigenvalue weighted by atomic mass is 9.88. The van der Waals surface area contributed by atoms with Crippen LogP contribution < -0.4 is 15.3 Å². The first kappa shape index (κ1) is 19.4. The molecule has 1 N–H and O–H groups in total. The minimum Gasteiger partial charge on any atom is -0.493 e. The fraction of sp³-hybridized carbons (Fsp3) is 0.190. The quantitative estimate of drug-likeness (QED) is 0.477. The summed E-state index contributed by atoms with van der Waals surface area (Å²) in [6, 6.07) is 11.4. The van der Waals surface area contributed by atoms with Gasteiger partial charge in [-0.2, -0.15) is 0 Å². The van der Waals surface area contributed by atoms with Crippen molar-refractivity contribution >= 4 is 44.3 Å². The van der Waals surface area contributed by atoms with Crippen molar-refractivity contribution in [3.63, 3.8) is 0 Å². The van der Waals surface area contributed by atoms with Gasteiger partial charge in [0.15, 0.2) is 22.7 Å². The number of benzene rings is 2. The predicted molar refractivity (Wildman–Crippen MR) is 109 cm³/mol. The third-order valence-electron chi connectivity index (χ3n) is 5.08. The predicted octanol–water partition coefficient (Wildman–Crippen LogP) is 3.00. The maximum absolute atomic E-state index is 12.9. The number of rotatable bonds is 4. The van der Waals surface area contributed by atoms with Crippen molar-refractivity contribution in [1.29, 1.82) is 0 Å². The average molecular weight is 458 g/mol. The molecule has 0 spiro atoms. The Morgan fingerprint density at radius 3 is 2.72 bits per heavy atom. The van der Waals surface area contributed by atoms with Crippen molar-refractivity contribution in [3.05, 3.63) is 68.5 Å². The zero-order valence-electron chi connectivity index (χ0n) is 15.6. The van der Waals surface area contributed by atoms with Crippen LogP contribution in [0.3, 0.4) is 0 Å². The molecule has 1 atom stereocenters. The lowest BCUT2D eigenvalue weighted by Gasteiger charge is -2.21. The molecule has 0 bridgehead atoms. The van der Waals surface area contributed by atoms with Crippen LogP contribution in [-0.4, -0.2) is 31.0 Å². The van der Waals surface area contributed by atoms with Gasteiger partial charge in [0.05, 0.1) is 19.2 Å². The number of ketones is 1. The summed E-state index contributed by atoms with van der Waals surface area (Å²) in [5.41, 5.74) is -2.13. The number of carbonyl (C=O) groups is 2. The Bertz CT molecular complexity index is 1230. The zero-order chi connectivity index (χ0) is 20.9. The summed E-state index contributed by atoms with van der Waals surface area (Å²) in [7, 11) is 2.97. The molecule has 1 unspecified atom stereocenters. The molecular weight excluding hydrogens is 442 g/mol. The molecule has 3 aromatic rings. The Balaban J connectivity index is 1.77. The first-order valence-corrected chi connectivity index (χ1v) is 9.50. The summed E-state index contributed by atoms with van der Waals surface area (Å²) >= 11 is 3.32. The van der Waals surface area contributed by atoms with Crippen molar-refractivity contribution in [1.82, 2.24) is 0 Å². The van der Waals surface area contributed by atoms with Crippen molar-refractivity contribution < 1.29 is 23.8 Å². The molecule has 0 saturated heterocycles. The van der Waals surface area contributed by atoms with E-state index < -0.39 is 29.3 Å². The van der Waals surface area contributed by atoms with E-state index in [1.807, 2.05) is 0 Å². The molecule has 4 rings (SSSR count). The highest BCUT2D eigenvalue weighted by atomic mass is 79.9. The minimum absolute atomic E-state index is 0.223. The van der Waals surface area contributed by atoms with Crippen LogP contribution in [0.25, 0.3) is 11.0 Å². The fourth-order valence-electron chi connectivity index (χ4n) is 3.61. The van der Waals surface area contributed by atoms with Crippen LogP contribution in [0, 0.1) is 0 Å². The first-order valence-electron chi connectivity index (χ1n) is 8.71. The Morgan fingerprint density at radius 2 is 2.00 bits per heavy atom. The highest BCUT2D eigenvalue weighted by molar-refractivity contribution is 9.10. The number of Topliss-reactive ketones (excluding diaryl/α,β-unsaturated/α-hetero) is 1. The van der Waals surface area contributed by atoms with E-state index in [4.69, 9.17) is 9.15 Å². The molecule has 1 aromatic heterocycles. The molecule has 8 heteroatoms. The van der Waals surface area contributed by atoms with Crippen LogP contribution in [-0.2, 0) is 10.4 Å². The molecule has 0 radical (unpaired) electrons. The molecule has 2 aromatic carbocycles. The highest BCUT2D eigenvalue weighted by Crippen LogP contribution is 2.43. The Morgan fingerprint density at radius 1 is 1.24 bits per heavy atom. The van der Waals surface area contributed by atoms with Crippen LogP contribution in [0.4, 0.5) is 5.69 Å². The van der Waals surface area contributed by atoms with Gasteiger partial charge in [-0.05, 0) is 30.3 Å². The van der Waals surface area contributed by atoms with Crippen molar-refractivity contribution in [2.75, 3.05) is 19.1 Å². The Labute approximate surface area is 173 Å². The van der Waals surface area contributed by atoms with Gasteiger partial charge in [0.2, 0.25) is 0 Å². The minimum atomic E-state index is -2.07. The number of anilines is 1. The van der Waals surface area contributed by atoms with Crippen LogP contribution in [0.15, 0.2) is 56.1 Å². The molecule has 7 nitrogen and oxygen atoms in total. The van der Waals surface area contributed by atoms with E-state index in [0.717, 1.165) is 0 Å². The highest BCUT2D eigenvalue weighted by Gasteiger charge is 2.50. The van der Waals surface area contributed by atoms with E-state index in [-0.39, 0.29) is 11.1 Å². The number of nitrogens with zero attached hydrogens (tertiary/aromatic N) is 1. The smallest absolute Gasteiger partial charge is 0.347 e. The summed E-state index contributed by atoms with van der Waals surface area (Å²) in [6.07, 6.45) is -0.583. The second-order valence-corrected chi connectivity index (χ2v) is 7.73. The third kappa shape index (κ3) is 2.95. The number of ether oxygens (including phenoxy) is 1. The third-order valence-corrected chi connectivity index (χ3v) is 5.58. The van der Waals surface area contributed by atoms with Gasteiger partial charge in [0, 0.05) is 22.5 Å². The van der Waals surface area contributed by atoms with E-state index in [0.29, 0.717) is 26.9 Å².